The average molecular weight is 196 g/mol. The van der Waals surface area contributed by atoms with Crippen LogP contribution in [0.5, 0.6) is 0 Å². The lowest BCUT2D eigenvalue weighted by Gasteiger charge is -2.02. The lowest BCUT2D eigenvalue weighted by molar-refractivity contribution is 0.261. The first-order valence-corrected chi connectivity index (χ1v) is 5.27. The number of allylic oxidation sites excluding steroid dienone is 3. The third kappa shape index (κ3) is 1.06. The van der Waals surface area contributed by atoms with Crippen molar-refractivity contribution in [1.29, 1.82) is 0 Å². The van der Waals surface area contributed by atoms with Crippen LogP contribution >= 0.6 is 0 Å². The minimum Gasteiger partial charge on any atom is -0.488 e. The topological polar surface area (TPSA) is 43.4 Å². The van der Waals surface area contributed by atoms with Gasteiger partial charge < -0.3 is 4.74 Å². The zero-order chi connectivity index (χ0) is 9.47. The van der Waals surface area contributed by atoms with Crippen LogP contribution in [0.15, 0.2) is 46.5 Å². The average Bonchev–Trinajstić information content (AvgIpc) is 2.52. The predicted octanol–water partition coefficient (Wildman–Crippen LogP) is 1.28. The smallest absolute Gasteiger partial charge is 0.210 e. The fraction of sp³-hybridized carbons (Fsp3) is 0.111. The molecule has 0 aliphatic carbocycles. The normalized spacial score (nSPS) is 22.0. The molecule has 2 aliphatic rings. The van der Waals surface area contributed by atoms with Gasteiger partial charge in [-0.1, -0.05) is 12.7 Å². The molecule has 0 amide bonds. The Morgan fingerprint density at radius 1 is 1.46 bits per heavy atom. The zero-order valence-corrected chi connectivity index (χ0v) is 7.67. The van der Waals surface area contributed by atoms with Gasteiger partial charge in [-0.2, -0.15) is 0 Å². The quantitative estimate of drug-likeness (QED) is 0.639. The van der Waals surface area contributed by atoms with Gasteiger partial charge in [0.2, 0.25) is 9.84 Å². The van der Waals surface area contributed by atoms with Crippen LogP contribution < -0.4 is 0 Å². The second-order valence-electron chi connectivity index (χ2n) is 2.71. The van der Waals surface area contributed by atoms with Crippen molar-refractivity contribution in [3.8, 4) is 0 Å². The Hall–Kier alpha value is -1.29. The molecule has 0 N–H and O–H groups in total. The van der Waals surface area contributed by atoms with Gasteiger partial charge in [0.25, 0.3) is 0 Å². The summed E-state index contributed by atoms with van der Waals surface area (Å²) in [6.45, 7) is 3.81. The zero-order valence-electron chi connectivity index (χ0n) is 6.86. The van der Waals surface area contributed by atoms with Gasteiger partial charge in [0, 0.05) is 6.08 Å². The molecule has 2 bridgehead atoms. The van der Waals surface area contributed by atoms with Gasteiger partial charge in [0.1, 0.15) is 17.3 Å². The molecule has 0 spiro atoms. The van der Waals surface area contributed by atoms with Crippen LogP contribution in [-0.4, -0.2) is 15.0 Å². The van der Waals surface area contributed by atoms with E-state index in [0.717, 1.165) is 0 Å². The molecular weight excluding hydrogens is 188 g/mol. The van der Waals surface area contributed by atoms with Gasteiger partial charge in [-0.25, -0.2) is 8.42 Å². The van der Waals surface area contributed by atoms with Crippen molar-refractivity contribution in [3.63, 3.8) is 0 Å². The highest BCUT2D eigenvalue weighted by Gasteiger charge is 2.34. The summed E-state index contributed by atoms with van der Waals surface area (Å²) in [4.78, 5) is 0.589. The largest absolute Gasteiger partial charge is 0.488 e. The molecule has 0 atom stereocenters. The fourth-order valence-corrected chi connectivity index (χ4v) is 2.66. The molecule has 2 heterocycles. The van der Waals surface area contributed by atoms with Crippen LogP contribution in [-0.2, 0) is 14.6 Å². The fourth-order valence-electron chi connectivity index (χ4n) is 1.27. The van der Waals surface area contributed by atoms with E-state index in [-0.39, 0.29) is 4.91 Å². The van der Waals surface area contributed by atoms with E-state index in [1.165, 1.54) is 6.08 Å². The molecule has 0 radical (unpaired) electrons. The van der Waals surface area contributed by atoms with Crippen LogP contribution in [0.25, 0.3) is 0 Å². The first-order chi connectivity index (χ1) is 6.16. The standard InChI is InChI=1S/C9H8O3S/c1-2-5-12-8-6-7-3-4-9(8)13(7,10)11/h2-4,6H,1,5H2. The van der Waals surface area contributed by atoms with E-state index < -0.39 is 9.84 Å². The molecule has 0 aromatic rings. The first-order valence-electron chi connectivity index (χ1n) is 3.79. The Labute approximate surface area is 76.6 Å². The van der Waals surface area contributed by atoms with E-state index in [1.807, 2.05) is 0 Å². The highest BCUT2D eigenvalue weighted by atomic mass is 32.2. The molecule has 0 aromatic heterocycles. The number of ether oxygens (including phenoxy) is 1. The summed E-state index contributed by atoms with van der Waals surface area (Å²) in [7, 11) is -3.20. The highest BCUT2D eigenvalue weighted by Crippen LogP contribution is 2.37. The van der Waals surface area contributed by atoms with E-state index >= 15 is 0 Å². The molecule has 4 heteroatoms. The summed E-state index contributed by atoms with van der Waals surface area (Å²) in [5, 5.41) is 0. The monoisotopic (exact) mass is 196 g/mol. The van der Waals surface area contributed by atoms with E-state index in [2.05, 4.69) is 6.58 Å². The summed E-state index contributed by atoms with van der Waals surface area (Å²) >= 11 is 0. The van der Waals surface area contributed by atoms with Crippen molar-refractivity contribution in [2.45, 2.75) is 0 Å². The van der Waals surface area contributed by atoms with Crippen LogP contribution in [0.4, 0.5) is 0 Å². The number of hydrogen-bond donors (Lipinski definition) is 0. The van der Waals surface area contributed by atoms with E-state index in [1.54, 1.807) is 18.2 Å². The lowest BCUT2D eigenvalue weighted by atomic mass is 10.3. The summed E-state index contributed by atoms with van der Waals surface area (Å²) in [6.07, 6.45) is 6.25. The number of rotatable bonds is 3. The van der Waals surface area contributed by atoms with Crippen LogP contribution in [0.1, 0.15) is 0 Å². The third-order valence-corrected chi connectivity index (χ3v) is 3.66. The Morgan fingerprint density at radius 3 is 2.69 bits per heavy atom. The summed E-state index contributed by atoms with van der Waals surface area (Å²) < 4.78 is 28.0. The Bertz CT molecular complexity index is 449. The van der Waals surface area contributed by atoms with Crippen LogP contribution in [0, 0.1) is 0 Å². The second-order valence-corrected chi connectivity index (χ2v) is 4.63. The molecule has 2 aliphatic heterocycles. The van der Waals surface area contributed by atoms with Gasteiger partial charge in [-0.15, -0.1) is 0 Å². The Kier molecular flexibility index (Phi) is 1.66. The molecule has 0 saturated carbocycles. The Morgan fingerprint density at radius 2 is 2.23 bits per heavy atom. The molecule has 0 unspecified atom stereocenters. The number of hydrogen-bond acceptors (Lipinski definition) is 3. The van der Waals surface area contributed by atoms with Crippen molar-refractivity contribution >= 4 is 9.84 Å². The molecule has 0 fully saturated rings. The maximum Gasteiger partial charge on any atom is 0.210 e. The predicted molar refractivity (Wildman–Crippen MR) is 49.3 cm³/mol. The van der Waals surface area contributed by atoms with Crippen LogP contribution in [0.2, 0.25) is 0 Å². The van der Waals surface area contributed by atoms with Crippen molar-refractivity contribution in [2.75, 3.05) is 6.61 Å². The van der Waals surface area contributed by atoms with Crippen molar-refractivity contribution in [2.24, 2.45) is 0 Å². The maximum atomic E-state index is 11.4. The molecule has 3 nitrogen and oxygen atoms in total. The van der Waals surface area contributed by atoms with Crippen molar-refractivity contribution in [1.82, 2.24) is 0 Å². The summed E-state index contributed by atoms with van der Waals surface area (Å²) in [6, 6.07) is 0. The van der Waals surface area contributed by atoms with Crippen molar-refractivity contribution < 1.29 is 13.2 Å². The highest BCUT2D eigenvalue weighted by molar-refractivity contribution is 8.00. The van der Waals surface area contributed by atoms with Gasteiger partial charge in [-0.05, 0) is 12.2 Å². The van der Waals surface area contributed by atoms with Gasteiger partial charge in [-0.3, -0.25) is 0 Å². The molecule has 0 aromatic carbocycles. The molecule has 68 valence electrons. The lowest BCUT2D eigenvalue weighted by Crippen LogP contribution is -1.96. The van der Waals surface area contributed by atoms with Crippen LogP contribution in [0.3, 0.4) is 0 Å². The van der Waals surface area contributed by atoms with Crippen molar-refractivity contribution in [3.05, 3.63) is 46.5 Å². The minimum absolute atomic E-state index is 0.268. The number of sulfone groups is 1. The Balaban J connectivity index is 2.39. The van der Waals surface area contributed by atoms with Gasteiger partial charge in [0.15, 0.2) is 0 Å². The van der Waals surface area contributed by atoms with Gasteiger partial charge >= 0.3 is 0 Å². The molecule has 0 saturated heterocycles. The molecular formula is C9H8O3S. The van der Waals surface area contributed by atoms with E-state index in [9.17, 15) is 8.42 Å². The third-order valence-electron chi connectivity index (χ3n) is 1.87. The molecule has 2 rings (SSSR count). The molecule has 13 heavy (non-hydrogen) atoms. The van der Waals surface area contributed by atoms with Gasteiger partial charge in [0.05, 0.1) is 4.91 Å². The van der Waals surface area contributed by atoms with E-state index in [4.69, 9.17) is 4.74 Å². The summed E-state index contributed by atoms with van der Waals surface area (Å²) in [5.41, 5.74) is 0. The number of fused-ring (bicyclic) bond motifs is 2. The maximum absolute atomic E-state index is 11.4. The minimum atomic E-state index is -3.20. The summed E-state index contributed by atoms with van der Waals surface area (Å²) in [5.74, 6) is 0.428. The first kappa shape index (κ1) is 8.31. The van der Waals surface area contributed by atoms with E-state index in [0.29, 0.717) is 17.3 Å². The SMILES string of the molecule is C=CCOC1=C2C=CC(=C1)S2(=O)=O. The second kappa shape index (κ2) is 2.60.